The monoisotopic (exact) mass is 1240 g/mol. The van der Waals surface area contributed by atoms with E-state index in [1.165, 1.54) is 0 Å². The van der Waals surface area contributed by atoms with Gasteiger partial charge in [-0.15, -0.1) is 0 Å². The molecule has 458 valence electrons. The van der Waals surface area contributed by atoms with Crippen LogP contribution in [0.3, 0.4) is 0 Å². The summed E-state index contributed by atoms with van der Waals surface area (Å²) in [6.07, 6.45) is 23.7. The van der Waals surface area contributed by atoms with E-state index in [1.54, 1.807) is 37.2 Å². The van der Waals surface area contributed by atoms with Crippen LogP contribution in [0, 0.1) is 0 Å². The van der Waals surface area contributed by atoms with Gasteiger partial charge in [0.2, 0.25) is 0 Å². The molecule has 0 fully saturated rings. The highest BCUT2D eigenvalue weighted by Gasteiger charge is 2.16. The smallest absolute Gasteiger partial charge is 0.0900 e. The molecular weight excluding hydrogens is 1190 g/mol. The van der Waals surface area contributed by atoms with Gasteiger partial charge in [0.25, 0.3) is 0 Å². The molecule has 15 aromatic rings. The van der Waals surface area contributed by atoms with E-state index in [1.807, 2.05) is 109 Å². The Balaban J connectivity index is 0.681. The van der Waals surface area contributed by atoms with Crippen molar-refractivity contribution in [2.24, 2.45) is 0 Å². The van der Waals surface area contributed by atoms with Crippen LogP contribution in [-0.2, 0) is 0 Å². The third-order valence-corrected chi connectivity index (χ3v) is 16.6. The number of hydrogen-bond donors (Lipinski definition) is 0. The summed E-state index contributed by atoms with van der Waals surface area (Å²) in [5, 5.41) is 0. The molecule has 10 heteroatoms. The largest absolute Gasteiger partial charge is 0.311 e. The third kappa shape index (κ3) is 14.4. The van der Waals surface area contributed by atoms with E-state index >= 15 is 0 Å². The van der Waals surface area contributed by atoms with E-state index in [0.717, 1.165) is 152 Å². The van der Waals surface area contributed by atoms with Gasteiger partial charge in [0.1, 0.15) is 0 Å². The Kier molecular flexibility index (Phi) is 17.5. The average Bonchev–Trinajstić information content (AvgIpc) is 0.859. The maximum Gasteiger partial charge on any atom is 0.0900 e. The Bertz CT molecular complexity index is 4530. The van der Waals surface area contributed by atoms with Crippen molar-refractivity contribution in [1.29, 1.82) is 0 Å². The molecule has 0 aliphatic rings. The minimum absolute atomic E-state index is 0.794. The predicted octanol–water partition coefficient (Wildman–Crippen LogP) is 21.2. The fraction of sp³-hybridized carbons (Fsp3) is 0. The van der Waals surface area contributed by atoms with E-state index in [9.17, 15) is 0 Å². The second-order valence-corrected chi connectivity index (χ2v) is 23.1. The molecule has 9 heterocycles. The van der Waals surface area contributed by atoms with Crippen LogP contribution in [-0.4, -0.2) is 44.9 Å². The van der Waals surface area contributed by atoms with Crippen LogP contribution in [0.1, 0.15) is 33.4 Å². The lowest BCUT2D eigenvalue weighted by atomic mass is 10.0. The quantitative estimate of drug-likeness (QED) is 0.0768. The zero-order valence-electron chi connectivity index (χ0n) is 52.6. The number of hydrogen-bond acceptors (Lipinski definition) is 10. The maximum absolute atomic E-state index is 4.97. The highest BCUT2D eigenvalue weighted by atomic mass is 15.1. The molecule has 0 bridgehead atoms. The number of rotatable bonds is 18. The summed E-state index contributed by atoms with van der Waals surface area (Å²) >= 11 is 0. The number of anilines is 3. The Labute approximate surface area is 563 Å². The molecular formula is C87H60N10. The lowest BCUT2D eigenvalue weighted by Gasteiger charge is -2.26. The number of aromatic nitrogens is 9. The van der Waals surface area contributed by atoms with Crippen molar-refractivity contribution < 1.29 is 0 Å². The summed E-state index contributed by atoms with van der Waals surface area (Å²) in [5.74, 6) is 0. The Hall–Kier alpha value is -13.3. The normalized spacial score (nSPS) is 11.4. The zero-order chi connectivity index (χ0) is 65.0. The molecule has 10 nitrogen and oxygen atoms in total. The lowest BCUT2D eigenvalue weighted by Crippen LogP contribution is -2.09. The highest BCUT2D eigenvalue weighted by molar-refractivity contribution is 5.84. The van der Waals surface area contributed by atoms with Crippen LogP contribution in [0.25, 0.3) is 138 Å². The van der Waals surface area contributed by atoms with Gasteiger partial charge in [0.15, 0.2) is 0 Å². The lowest BCUT2D eigenvalue weighted by molar-refractivity contribution is 1.22. The van der Waals surface area contributed by atoms with Gasteiger partial charge in [-0.2, -0.15) is 0 Å². The number of benzene rings is 6. The van der Waals surface area contributed by atoms with Crippen LogP contribution < -0.4 is 4.90 Å². The molecule has 0 amide bonds. The first-order valence-electron chi connectivity index (χ1n) is 32.0. The van der Waals surface area contributed by atoms with Gasteiger partial charge in [-0.1, -0.05) is 182 Å². The van der Waals surface area contributed by atoms with Crippen LogP contribution >= 0.6 is 0 Å². The van der Waals surface area contributed by atoms with Crippen molar-refractivity contribution in [2.75, 3.05) is 4.90 Å². The fourth-order valence-electron chi connectivity index (χ4n) is 11.6. The molecule has 0 spiro atoms. The van der Waals surface area contributed by atoms with Crippen LogP contribution in [0.5, 0.6) is 0 Å². The zero-order valence-corrected chi connectivity index (χ0v) is 52.6. The summed E-state index contributed by atoms with van der Waals surface area (Å²) in [5.41, 5.74) is 25.6. The molecule has 0 aliphatic carbocycles. The van der Waals surface area contributed by atoms with E-state index in [4.69, 9.17) is 15.0 Å². The molecule has 0 radical (unpaired) electrons. The average molecular weight is 1250 g/mol. The van der Waals surface area contributed by atoms with Gasteiger partial charge < -0.3 is 4.90 Å². The van der Waals surface area contributed by atoms with E-state index in [0.29, 0.717) is 0 Å². The molecule has 9 aromatic heterocycles. The van der Waals surface area contributed by atoms with E-state index in [2.05, 4.69) is 253 Å². The van der Waals surface area contributed by atoms with Crippen molar-refractivity contribution >= 4 is 53.5 Å². The number of pyridine rings is 9. The van der Waals surface area contributed by atoms with Crippen LogP contribution in [0.2, 0.25) is 0 Å². The molecule has 15 rings (SSSR count). The van der Waals surface area contributed by atoms with Gasteiger partial charge in [-0.05, 0) is 212 Å². The Morgan fingerprint density at radius 3 is 0.536 bits per heavy atom. The second kappa shape index (κ2) is 28.3. The summed E-state index contributed by atoms with van der Waals surface area (Å²) in [7, 11) is 0. The third-order valence-electron chi connectivity index (χ3n) is 16.6. The fourth-order valence-corrected chi connectivity index (χ4v) is 11.6. The predicted molar refractivity (Wildman–Crippen MR) is 396 cm³/mol. The topological polar surface area (TPSA) is 119 Å². The van der Waals surface area contributed by atoms with E-state index in [-0.39, 0.29) is 0 Å². The molecule has 0 saturated heterocycles. The second-order valence-electron chi connectivity index (χ2n) is 23.1. The summed E-state index contributed by atoms with van der Waals surface area (Å²) in [6.45, 7) is 0. The summed E-state index contributed by atoms with van der Waals surface area (Å²) < 4.78 is 0. The van der Waals surface area contributed by atoms with Crippen molar-refractivity contribution in [1.82, 2.24) is 44.9 Å². The minimum Gasteiger partial charge on any atom is -0.311 e. The van der Waals surface area contributed by atoms with Crippen molar-refractivity contribution in [2.45, 2.75) is 0 Å². The van der Waals surface area contributed by atoms with Gasteiger partial charge >= 0.3 is 0 Å². The molecule has 0 saturated carbocycles. The molecule has 0 atom stereocenters. The molecule has 0 aliphatic heterocycles. The van der Waals surface area contributed by atoms with Crippen LogP contribution in [0.15, 0.2) is 328 Å². The standard InChI is InChI=1S/C87H60N10/c1-7-49-88-76(13-1)82-55-70(56-83(94-82)77-14-2-8-50-89-77)67-37-25-61(26-38-67)19-22-64-31-43-73(44-32-64)97(74-45-33-65(34-46-74)23-20-62-27-39-68(40-28-62)71-57-84(78-15-3-9-51-90-78)95-85(58-71)79-16-4-10-52-91-79)75-47-35-66(36-48-75)24-21-63-29-41-69(42-30-63)72-59-86(80-17-5-11-53-92-80)96-87(60-72)81-18-6-12-54-93-81/h1-60H/b22-19+,23-20+,24-21?. The molecule has 0 unspecified atom stereocenters. The van der Waals surface area contributed by atoms with E-state index < -0.39 is 0 Å². The first-order chi connectivity index (χ1) is 48.0. The Morgan fingerprint density at radius 2 is 0.361 bits per heavy atom. The van der Waals surface area contributed by atoms with Gasteiger partial charge in [-0.25, -0.2) is 15.0 Å². The molecule has 0 N–H and O–H groups in total. The molecule has 6 aromatic carbocycles. The van der Waals surface area contributed by atoms with Crippen molar-refractivity contribution in [3.8, 4) is 102 Å². The summed E-state index contributed by atoms with van der Waals surface area (Å²) in [6, 6.07) is 99.9. The van der Waals surface area contributed by atoms with Crippen molar-refractivity contribution in [3.05, 3.63) is 362 Å². The SMILES string of the molecule is C(=Cc1ccc(N(c2ccc(/C=C/c3ccc(-c4cc(-c5ccccn5)nc(-c5ccccn5)c4)cc3)cc2)c2ccc(/C=C/c3ccc(-c4cc(-c5ccccn5)nc(-c5ccccn5)c4)cc3)cc2)cc1)c1ccc(-c2cc(-c3ccccn3)nc(-c3ccccn3)c2)cc1. The van der Waals surface area contributed by atoms with Gasteiger partial charge in [0.05, 0.1) is 68.3 Å². The Morgan fingerprint density at radius 1 is 0.175 bits per heavy atom. The highest BCUT2D eigenvalue weighted by Crippen LogP contribution is 2.37. The summed E-state index contributed by atoms with van der Waals surface area (Å²) in [4.78, 5) is 44.8. The maximum atomic E-state index is 4.97. The van der Waals surface area contributed by atoms with Gasteiger partial charge in [0, 0.05) is 54.2 Å². The minimum atomic E-state index is 0.794. The van der Waals surface area contributed by atoms with Gasteiger partial charge in [-0.3, -0.25) is 29.9 Å². The van der Waals surface area contributed by atoms with Crippen LogP contribution in [0.4, 0.5) is 17.1 Å². The van der Waals surface area contributed by atoms with Crippen molar-refractivity contribution in [3.63, 3.8) is 0 Å². The molecule has 97 heavy (non-hydrogen) atoms. The first-order valence-corrected chi connectivity index (χ1v) is 32.0. The number of nitrogens with zero attached hydrogens (tertiary/aromatic N) is 10. The first kappa shape index (κ1) is 60.0.